The molecule has 0 saturated carbocycles. The minimum Gasteiger partial charge on any atom is -0.487 e. The SMILES string of the molecule is CC(C)c1cc(OCc2cocn2)ccc1F. The van der Waals surface area contributed by atoms with Crippen LogP contribution in [0.2, 0.25) is 0 Å². The molecule has 2 aromatic rings. The zero-order valence-corrected chi connectivity index (χ0v) is 9.81. The van der Waals surface area contributed by atoms with Crippen molar-refractivity contribution in [2.75, 3.05) is 0 Å². The molecule has 0 amide bonds. The predicted molar refractivity (Wildman–Crippen MR) is 61.3 cm³/mol. The quantitative estimate of drug-likeness (QED) is 0.813. The van der Waals surface area contributed by atoms with Gasteiger partial charge in [0.05, 0.1) is 0 Å². The largest absolute Gasteiger partial charge is 0.487 e. The monoisotopic (exact) mass is 235 g/mol. The lowest BCUT2D eigenvalue weighted by molar-refractivity contribution is 0.300. The first-order valence-electron chi connectivity index (χ1n) is 5.46. The average molecular weight is 235 g/mol. The summed E-state index contributed by atoms with van der Waals surface area (Å²) in [7, 11) is 0. The molecule has 1 aromatic carbocycles. The van der Waals surface area contributed by atoms with E-state index in [2.05, 4.69) is 4.98 Å². The summed E-state index contributed by atoms with van der Waals surface area (Å²) in [5.41, 5.74) is 1.36. The van der Waals surface area contributed by atoms with E-state index >= 15 is 0 Å². The molecule has 0 saturated heterocycles. The highest BCUT2D eigenvalue weighted by atomic mass is 19.1. The van der Waals surface area contributed by atoms with E-state index < -0.39 is 0 Å². The fraction of sp³-hybridized carbons (Fsp3) is 0.308. The van der Waals surface area contributed by atoms with Gasteiger partial charge in [0.2, 0.25) is 0 Å². The summed E-state index contributed by atoms with van der Waals surface area (Å²) in [6, 6.07) is 4.76. The Balaban J connectivity index is 2.09. The first kappa shape index (κ1) is 11.6. The second-order valence-electron chi connectivity index (χ2n) is 4.11. The van der Waals surface area contributed by atoms with Crippen molar-refractivity contribution in [1.29, 1.82) is 0 Å². The molecular weight excluding hydrogens is 221 g/mol. The van der Waals surface area contributed by atoms with Crippen LogP contribution in [-0.4, -0.2) is 4.98 Å². The normalized spacial score (nSPS) is 10.8. The summed E-state index contributed by atoms with van der Waals surface area (Å²) in [6.07, 6.45) is 2.87. The van der Waals surface area contributed by atoms with Gasteiger partial charge >= 0.3 is 0 Å². The molecule has 1 heterocycles. The number of benzene rings is 1. The summed E-state index contributed by atoms with van der Waals surface area (Å²) in [5, 5.41) is 0. The summed E-state index contributed by atoms with van der Waals surface area (Å²) >= 11 is 0. The second-order valence-corrected chi connectivity index (χ2v) is 4.11. The van der Waals surface area contributed by atoms with Crippen LogP contribution in [0.3, 0.4) is 0 Å². The molecule has 0 spiro atoms. The van der Waals surface area contributed by atoms with E-state index in [1.807, 2.05) is 13.8 Å². The Morgan fingerprint density at radius 1 is 1.41 bits per heavy atom. The lowest BCUT2D eigenvalue weighted by Gasteiger charge is -2.10. The molecule has 1 aromatic heterocycles. The number of ether oxygens (including phenoxy) is 1. The number of halogens is 1. The van der Waals surface area contributed by atoms with Crippen molar-refractivity contribution in [3.05, 3.63) is 47.9 Å². The lowest BCUT2D eigenvalue weighted by Crippen LogP contribution is -1.98. The Morgan fingerprint density at radius 2 is 2.24 bits per heavy atom. The molecule has 90 valence electrons. The van der Waals surface area contributed by atoms with Gasteiger partial charge in [-0.05, 0) is 29.7 Å². The third-order valence-electron chi connectivity index (χ3n) is 2.46. The fourth-order valence-corrected chi connectivity index (χ4v) is 1.52. The van der Waals surface area contributed by atoms with Crippen LogP contribution in [0.15, 0.2) is 35.3 Å². The maximum absolute atomic E-state index is 13.5. The van der Waals surface area contributed by atoms with Crippen LogP contribution < -0.4 is 4.74 Å². The molecule has 0 fully saturated rings. The predicted octanol–water partition coefficient (Wildman–Crippen LogP) is 3.52. The van der Waals surface area contributed by atoms with E-state index in [1.54, 1.807) is 12.1 Å². The minimum atomic E-state index is -0.200. The molecule has 3 nitrogen and oxygen atoms in total. The van der Waals surface area contributed by atoms with Gasteiger partial charge in [0.25, 0.3) is 0 Å². The molecule has 0 N–H and O–H groups in total. The van der Waals surface area contributed by atoms with Gasteiger partial charge in [-0.15, -0.1) is 0 Å². The van der Waals surface area contributed by atoms with Gasteiger partial charge in [0, 0.05) is 0 Å². The number of hydrogen-bond acceptors (Lipinski definition) is 3. The van der Waals surface area contributed by atoms with Crippen molar-refractivity contribution in [3.8, 4) is 5.75 Å². The van der Waals surface area contributed by atoms with Crippen LogP contribution in [0.5, 0.6) is 5.75 Å². The van der Waals surface area contributed by atoms with Crippen LogP contribution in [0.4, 0.5) is 4.39 Å². The number of oxazole rings is 1. The molecule has 0 radical (unpaired) electrons. The molecule has 4 heteroatoms. The van der Waals surface area contributed by atoms with Crippen LogP contribution in [0, 0.1) is 5.82 Å². The Morgan fingerprint density at radius 3 is 2.88 bits per heavy atom. The molecule has 0 aliphatic carbocycles. The maximum Gasteiger partial charge on any atom is 0.180 e. The first-order chi connectivity index (χ1) is 8.16. The van der Waals surface area contributed by atoms with Gasteiger partial charge in [0.15, 0.2) is 6.39 Å². The number of aromatic nitrogens is 1. The third kappa shape index (κ3) is 2.84. The smallest absolute Gasteiger partial charge is 0.180 e. The molecule has 0 atom stereocenters. The summed E-state index contributed by atoms with van der Waals surface area (Å²) < 4.78 is 23.8. The van der Waals surface area contributed by atoms with Gasteiger partial charge in [-0.1, -0.05) is 13.8 Å². The highest BCUT2D eigenvalue weighted by Crippen LogP contribution is 2.24. The summed E-state index contributed by atoms with van der Waals surface area (Å²) in [5.74, 6) is 0.567. The van der Waals surface area contributed by atoms with Gasteiger partial charge in [-0.25, -0.2) is 9.37 Å². The highest BCUT2D eigenvalue weighted by molar-refractivity contribution is 5.31. The van der Waals surface area contributed by atoms with Crippen LogP contribution in [-0.2, 0) is 6.61 Å². The zero-order valence-electron chi connectivity index (χ0n) is 9.81. The van der Waals surface area contributed by atoms with E-state index in [0.717, 1.165) is 0 Å². The van der Waals surface area contributed by atoms with E-state index in [9.17, 15) is 4.39 Å². The maximum atomic E-state index is 13.5. The molecular formula is C13H14FNO2. The van der Waals surface area contributed by atoms with Gasteiger partial charge in [-0.2, -0.15) is 0 Å². The summed E-state index contributed by atoms with van der Waals surface area (Å²) in [4.78, 5) is 3.94. The number of hydrogen-bond donors (Lipinski definition) is 0. The van der Waals surface area contributed by atoms with Crippen LogP contribution in [0.25, 0.3) is 0 Å². The van der Waals surface area contributed by atoms with Crippen molar-refractivity contribution in [2.45, 2.75) is 26.4 Å². The molecule has 0 aliphatic rings. The van der Waals surface area contributed by atoms with Crippen molar-refractivity contribution >= 4 is 0 Å². The van der Waals surface area contributed by atoms with E-state index in [0.29, 0.717) is 23.6 Å². The molecule has 0 bridgehead atoms. The highest BCUT2D eigenvalue weighted by Gasteiger charge is 2.08. The Kier molecular flexibility index (Phi) is 3.42. The van der Waals surface area contributed by atoms with Crippen LogP contribution >= 0.6 is 0 Å². The number of rotatable bonds is 4. The van der Waals surface area contributed by atoms with Crippen molar-refractivity contribution in [2.24, 2.45) is 0 Å². The van der Waals surface area contributed by atoms with Gasteiger partial charge in [0.1, 0.15) is 30.1 Å². The fourth-order valence-electron chi connectivity index (χ4n) is 1.52. The van der Waals surface area contributed by atoms with E-state index in [-0.39, 0.29) is 11.7 Å². The molecule has 2 rings (SSSR count). The van der Waals surface area contributed by atoms with Crippen LogP contribution in [0.1, 0.15) is 31.0 Å². The van der Waals surface area contributed by atoms with E-state index in [1.165, 1.54) is 18.7 Å². The third-order valence-corrected chi connectivity index (χ3v) is 2.46. The van der Waals surface area contributed by atoms with Crippen molar-refractivity contribution < 1.29 is 13.5 Å². The Bertz CT molecular complexity index is 480. The summed E-state index contributed by atoms with van der Waals surface area (Å²) in [6.45, 7) is 4.21. The minimum absolute atomic E-state index is 0.130. The number of nitrogens with zero attached hydrogens (tertiary/aromatic N) is 1. The Hall–Kier alpha value is -1.84. The van der Waals surface area contributed by atoms with Crippen molar-refractivity contribution in [3.63, 3.8) is 0 Å². The van der Waals surface area contributed by atoms with Crippen molar-refractivity contribution in [1.82, 2.24) is 4.98 Å². The Labute approximate surface area is 99.2 Å². The zero-order chi connectivity index (χ0) is 12.3. The van der Waals surface area contributed by atoms with E-state index in [4.69, 9.17) is 9.15 Å². The molecule has 0 unspecified atom stereocenters. The standard InChI is InChI=1S/C13H14FNO2/c1-9(2)12-5-11(3-4-13(12)14)17-7-10-6-16-8-15-10/h3-6,8-9H,7H2,1-2H3. The molecule has 17 heavy (non-hydrogen) atoms. The topological polar surface area (TPSA) is 35.3 Å². The van der Waals surface area contributed by atoms with Gasteiger partial charge in [-0.3, -0.25) is 0 Å². The van der Waals surface area contributed by atoms with Gasteiger partial charge < -0.3 is 9.15 Å². The molecule has 0 aliphatic heterocycles. The second kappa shape index (κ2) is 4.99. The first-order valence-corrected chi connectivity index (χ1v) is 5.46. The average Bonchev–Trinajstić information content (AvgIpc) is 2.80. The lowest BCUT2D eigenvalue weighted by atomic mass is 10.0.